The normalized spacial score (nSPS) is 17.9. The summed E-state index contributed by atoms with van der Waals surface area (Å²) in [6, 6.07) is 0. The summed E-state index contributed by atoms with van der Waals surface area (Å²) in [6.45, 7) is 13.2. The largest absolute Gasteiger partial charge is 0.444 e. The number of nitrogens with one attached hydrogen (secondary N) is 4. The fourth-order valence-electron chi connectivity index (χ4n) is 6.09. The van der Waals surface area contributed by atoms with Crippen LogP contribution in [0.3, 0.4) is 0 Å². The third kappa shape index (κ3) is 17.6. The first-order valence-electron chi connectivity index (χ1n) is 16.7. The predicted octanol–water partition coefficient (Wildman–Crippen LogP) is 6.37. The number of ether oxygens (including phenoxy) is 2. The Morgan fingerprint density at radius 1 is 0.578 bits per heavy atom. The lowest BCUT2D eigenvalue weighted by atomic mass is 9.71. The molecule has 260 valence electrons. The predicted molar refractivity (Wildman–Crippen MR) is 185 cm³/mol. The highest BCUT2D eigenvalue weighted by Crippen LogP contribution is 2.40. The van der Waals surface area contributed by atoms with E-state index in [9.17, 15) is 19.2 Å². The standard InChI is InChI=1S/C33H60N4O6S2/c1-30(2,3)42-28(40)36-23-32(13-9-7-10-14-32)21-26(38)34-17-19-44-25-45-20-18-35-27(39)22-33(15-11-8-12-16-33)24-37-29(41)43-31(4,5)6/h7-25H2,1-6H3,(H,34,38)(H,35,39)(H,36,40)(H,37,41). The Morgan fingerprint density at radius 3 is 1.27 bits per heavy atom. The molecule has 0 spiro atoms. The van der Waals surface area contributed by atoms with Crippen LogP contribution in [0.5, 0.6) is 0 Å². The van der Waals surface area contributed by atoms with Crippen molar-refractivity contribution in [3.63, 3.8) is 0 Å². The highest BCUT2D eigenvalue weighted by Gasteiger charge is 2.36. The lowest BCUT2D eigenvalue weighted by molar-refractivity contribution is -0.124. The van der Waals surface area contributed by atoms with E-state index >= 15 is 0 Å². The van der Waals surface area contributed by atoms with Gasteiger partial charge in [0, 0.05) is 55.6 Å². The first-order chi connectivity index (χ1) is 21.1. The van der Waals surface area contributed by atoms with Gasteiger partial charge in [-0.15, -0.1) is 23.5 Å². The van der Waals surface area contributed by atoms with E-state index in [0.717, 1.165) is 68.0 Å². The number of hydrogen-bond acceptors (Lipinski definition) is 8. The molecule has 0 aliphatic heterocycles. The number of carbonyl (C=O) groups is 4. The molecule has 0 aromatic heterocycles. The zero-order valence-corrected chi connectivity index (χ0v) is 30.3. The van der Waals surface area contributed by atoms with Crippen LogP contribution in [0, 0.1) is 10.8 Å². The van der Waals surface area contributed by atoms with E-state index in [1.54, 1.807) is 23.5 Å². The molecule has 0 heterocycles. The topological polar surface area (TPSA) is 135 Å². The van der Waals surface area contributed by atoms with Gasteiger partial charge in [-0.1, -0.05) is 38.5 Å². The molecule has 0 saturated heterocycles. The van der Waals surface area contributed by atoms with Crippen molar-refractivity contribution in [1.29, 1.82) is 0 Å². The highest BCUT2D eigenvalue weighted by atomic mass is 32.2. The van der Waals surface area contributed by atoms with Gasteiger partial charge in [0.15, 0.2) is 0 Å². The average molecular weight is 673 g/mol. The molecule has 2 aliphatic carbocycles. The van der Waals surface area contributed by atoms with E-state index in [0.29, 0.717) is 39.0 Å². The van der Waals surface area contributed by atoms with Gasteiger partial charge in [-0.2, -0.15) is 0 Å². The van der Waals surface area contributed by atoms with Crippen LogP contribution in [0.2, 0.25) is 0 Å². The van der Waals surface area contributed by atoms with Gasteiger partial charge in [0.2, 0.25) is 11.8 Å². The Labute approximate surface area is 280 Å². The molecule has 0 aromatic rings. The van der Waals surface area contributed by atoms with Crippen LogP contribution >= 0.6 is 23.5 Å². The van der Waals surface area contributed by atoms with Crippen LogP contribution in [-0.2, 0) is 19.1 Å². The fourth-order valence-corrected chi connectivity index (χ4v) is 8.00. The highest BCUT2D eigenvalue weighted by molar-refractivity contribution is 8.16. The first kappa shape index (κ1) is 39.4. The molecule has 2 fully saturated rings. The Bertz CT molecular complexity index is 864. The van der Waals surface area contributed by atoms with Crippen molar-refractivity contribution in [2.24, 2.45) is 10.8 Å². The number of alkyl carbamates (subject to hydrolysis) is 2. The molecule has 0 atom stereocenters. The molecule has 2 rings (SSSR count). The van der Waals surface area contributed by atoms with Gasteiger partial charge in [0.05, 0.1) is 0 Å². The summed E-state index contributed by atoms with van der Waals surface area (Å²) in [5.74, 6) is 1.72. The Balaban J connectivity index is 1.59. The summed E-state index contributed by atoms with van der Waals surface area (Å²) in [4.78, 5) is 50.0. The zero-order valence-electron chi connectivity index (χ0n) is 28.7. The van der Waals surface area contributed by atoms with Crippen LogP contribution in [0.4, 0.5) is 9.59 Å². The second kappa shape index (κ2) is 19.1. The fraction of sp³-hybridized carbons (Fsp3) is 0.879. The Kier molecular flexibility index (Phi) is 16.7. The van der Waals surface area contributed by atoms with E-state index in [1.807, 2.05) is 41.5 Å². The van der Waals surface area contributed by atoms with Crippen LogP contribution < -0.4 is 21.3 Å². The lowest BCUT2D eigenvalue weighted by Gasteiger charge is -2.37. The quantitative estimate of drug-likeness (QED) is 0.110. The summed E-state index contributed by atoms with van der Waals surface area (Å²) < 4.78 is 10.8. The van der Waals surface area contributed by atoms with Crippen molar-refractivity contribution in [2.45, 2.75) is 130 Å². The molecule has 0 aromatic carbocycles. The summed E-state index contributed by atoms with van der Waals surface area (Å²) >= 11 is 3.54. The summed E-state index contributed by atoms with van der Waals surface area (Å²) in [5, 5.41) is 12.8. The molecule has 2 saturated carbocycles. The van der Waals surface area contributed by atoms with Crippen molar-refractivity contribution in [3.05, 3.63) is 0 Å². The molecule has 0 unspecified atom stereocenters. The van der Waals surface area contributed by atoms with Gasteiger partial charge in [-0.25, -0.2) is 9.59 Å². The second-order valence-corrected chi connectivity index (χ2v) is 17.4. The maximum atomic E-state index is 12.8. The first-order valence-corrected chi connectivity index (χ1v) is 19.0. The minimum atomic E-state index is -0.549. The Morgan fingerprint density at radius 2 is 0.933 bits per heavy atom. The van der Waals surface area contributed by atoms with Crippen molar-refractivity contribution in [3.8, 4) is 0 Å². The smallest absolute Gasteiger partial charge is 0.407 e. The van der Waals surface area contributed by atoms with Gasteiger partial charge < -0.3 is 30.7 Å². The summed E-state index contributed by atoms with van der Waals surface area (Å²) in [5.41, 5.74) is -1.52. The van der Waals surface area contributed by atoms with Gasteiger partial charge in [0.25, 0.3) is 0 Å². The van der Waals surface area contributed by atoms with E-state index in [2.05, 4.69) is 21.3 Å². The van der Waals surface area contributed by atoms with Crippen molar-refractivity contribution in [2.75, 3.05) is 42.8 Å². The van der Waals surface area contributed by atoms with Gasteiger partial charge >= 0.3 is 12.2 Å². The molecule has 10 nitrogen and oxygen atoms in total. The molecule has 2 aliphatic rings. The minimum absolute atomic E-state index is 0.0379. The van der Waals surface area contributed by atoms with Crippen LogP contribution in [0.25, 0.3) is 0 Å². The van der Waals surface area contributed by atoms with Crippen LogP contribution in [-0.4, -0.2) is 78.0 Å². The van der Waals surface area contributed by atoms with E-state index in [1.165, 1.54) is 12.8 Å². The average Bonchev–Trinajstić information content (AvgIpc) is 2.93. The molecular formula is C33H60N4O6S2. The number of amides is 4. The minimum Gasteiger partial charge on any atom is -0.444 e. The zero-order chi connectivity index (χ0) is 33.4. The third-order valence-electron chi connectivity index (χ3n) is 8.22. The molecule has 12 heteroatoms. The monoisotopic (exact) mass is 672 g/mol. The number of thioether (sulfide) groups is 2. The van der Waals surface area contributed by atoms with E-state index in [4.69, 9.17) is 9.47 Å². The Hall–Kier alpha value is -1.82. The van der Waals surface area contributed by atoms with Crippen molar-refractivity contribution in [1.82, 2.24) is 21.3 Å². The SMILES string of the molecule is CC(C)(C)OC(=O)NCC1(CC(=O)NCCSCSCCNC(=O)CC2(CNC(=O)OC(C)(C)C)CCCCC2)CCCCC1. The van der Waals surface area contributed by atoms with Gasteiger partial charge in [-0.3, -0.25) is 9.59 Å². The maximum Gasteiger partial charge on any atom is 0.407 e. The number of rotatable bonds is 16. The van der Waals surface area contributed by atoms with Gasteiger partial charge in [0.1, 0.15) is 11.2 Å². The molecule has 4 N–H and O–H groups in total. The van der Waals surface area contributed by atoms with Gasteiger partial charge in [-0.05, 0) is 78.1 Å². The van der Waals surface area contributed by atoms with Crippen molar-refractivity contribution < 1.29 is 28.7 Å². The number of hydrogen-bond donors (Lipinski definition) is 4. The molecule has 0 radical (unpaired) electrons. The molecule has 45 heavy (non-hydrogen) atoms. The van der Waals surface area contributed by atoms with E-state index in [-0.39, 0.29) is 22.6 Å². The summed E-state index contributed by atoms with van der Waals surface area (Å²) in [6.07, 6.45) is 10.3. The van der Waals surface area contributed by atoms with Crippen LogP contribution in [0.1, 0.15) is 119 Å². The molecule has 4 amide bonds. The maximum absolute atomic E-state index is 12.8. The lowest BCUT2D eigenvalue weighted by Crippen LogP contribution is -2.44. The van der Waals surface area contributed by atoms with E-state index < -0.39 is 23.4 Å². The molecular weight excluding hydrogens is 613 g/mol. The second-order valence-electron chi connectivity index (χ2n) is 14.8. The van der Waals surface area contributed by atoms with Crippen molar-refractivity contribution >= 4 is 47.5 Å². The number of carbonyl (C=O) groups excluding carboxylic acids is 4. The summed E-state index contributed by atoms with van der Waals surface area (Å²) in [7, 11) is 0. The molecule has 0 bridgehead atoms. The van der Waals surface area contributed by atoms with Crippen LogP contribution in [0.15, 0.2) is 0 Å². The third-order valence-corrected chi connectivity index (χ3v) is 10.5.